The number of nitrogens with one attached hydrogen (secondary N) is 3. The van der Waals surface area contributed by atoms with Gasteiger partial charge in [0.15, 0.2) is 11.5 Å². The van der Waals surface area contributed by atoms with E-state index in [1.165, 1.54) is 17.7 Å². The van der Waals surface area contributed by atoms with Crippen LogP contribution < -0.4 is 25.4 Å². The molecule has 4 heterocycles. The lowest BCUT2D eigenvalue weighted by atomic mass is 9.94. The summed E-state index contributed by atoms with van der Waals surface area (Å²) in [4.78, 5) is 32.8. The van der Waals surface area contributed by atoms with Gasteiger partial charge in [0.1, 0.15) is 11.5 Å². The number of piperazine rings is 1. The van der Waals surface area contributed by atoms with E-state index in [0.717, 1.165) is 50.3 Å². The first-order valence-electron chi connectivity index (χ1n) is 18.8. The van der Waals surface area contributed by atoms with Gasteiger partial charge >= 0.3 is 6.29 Å². The Balaban J connectivity index is 0.858. The zero-order chi connectivity index (χ0) is 39.3. The van der Waals surface area contributed by atoms with Gasteiger partial charge in [-0.15, -0.1) is 13.9 Å². The van der Waals surface area contributed by atoms with Crippen molar-refractivity contribution in [2.24, 2.45) is 4.99 Å². The molecule has 1 saturated carbocycles. The number of aryl methyl sites for hydroxylation is 2. The van der Waals surface area contributed by atoms with Crippen LogP contribution in [0.3, 0.4) is 0 Å². The second kappa shape index (κ2) is 16.5. The molecule has 2 aromatic carbocycles. The van der Waals surface area contributed by atoms with Gasteiger partial charge < -0.3 is 25.4 Å². The minimum Gasteiger partial charge on any atom is -0.395 e. The Morgan fingerprint density at radius 2 is 1.89 bits per heavy atom. The van der Waals surface area contributed by atoms with Crippen LogP contribution >= 0.6 is 0 Å². The number of aliphatic imine (C=N–C) groups is 1. The van der Waals surface area contributed by atoms with Crippen LogP contribution in [0.25, 0.3) is 0 Å². The smallest absolute Gasteiger partial charge is 0.395 e. The van der Waals surface area contributed by atoms with Crippen molar-refractivity contribution in [3.63, 3.8) is 0 Å². The Morgan fingerprint density at radius 3 is 2.70 bits per heavy atom. The molecule has 2 aliphatic heterocycles. The quantitative estimate of drug-likeness (QED) is 0.111. The number of alkyl halides is 2. The SMILES string of the molecule is C=N/C(=C\C=C(\C)Cc1cccc(C(=O)NCc2cn(CCCn3cc(CN4CCNC(C)C4)cn3)nn2)c1)NC(=O)C1(c2ccc3c(c2)OC(F)(F)O3)CC1. The zero-order valence-electron chi connectivity index (χ0n) is 31.5. The molecule has 1 saturated heterocycles. The summed E-state index contributed by atoms with van der Waals surface area (Å²) in [5.41, 5.74) is 3.95. The molecule has 1 unspecified atom stereocenters. The maximum atomic E-state index is 13.5. The molecule has 0 spiro atoms. The lowest BCUT2D eigenvalue weighted by molar-refractivity contribution is -0.286. The van der Waals surface area contributed by atoms with Crippen LogP contribution in [0.4, 0.5) is 8.78 Å². The monoisotopic (exact) mass is 768 g/mol. The van der Waals surface area contributed by atoms with Gasteiger partial charge in [-0.1, -0.05) is 35.1 Å². The highest BCUT2D eigenvalue weighted by molar-refractivity contribution is 5.94. The highest BCUT2D eigenvalue weighted by Crippen LogP contribution is 2.52. The van der Waals surface area contributed by atoms with Crippen LogP contribution in [0.5, 0.6) is 11.5 Å². The Morgan fingerprint density at radius 1 is 1.07 bits per heavy atom. The van der Waals surface area contributed by atoms with Crippen molar-refractivity contribution in [1.82, 2.24) is 45.6 Å². The summed E-state index contributed by atoms with van der Waals surface area (Å²) in [6, 6.07) is 12.3. The molecule has 1 atom stereocenters. The molecular formula is C40H46F2N10O4. The molecule has 2 fully saturated rings. The Labute approximate surface area is 323 Å². The van der Waals surface area contributed by atoms with Gasteiger partial charge in [0, 0.05) is 62.6 Å². The van der Waals surface area contributed by atoms with Crippen molar-refractivity contribution in [3.05, 3.63) is 113 Å². The summed E-state index contributed by atoms with van der Waals surface area (Å²) < 4.78 is 39.9. The van der Waals surface area contributed by atoms with Crippen molar-refractivity contribution in [1.29, 1.82) is 0 Å². The minimum absolute atomic E-state index is 0.0744. The number of halogens is 2. The number of ether oxygens (including phenoxy) is 2. The minimum atomic E-state index is -3.73. The van der Waals surface area contributed by atoms with Crippen LogP contribution in [0, 0.1) is 0 Å². The largest absolute Gasteiger partial charge is 0.586 e. The van der Waals surface area contributed by atoms with Crippen LogP contribution in [0.1, 0.15) is 65.9 Å². The molecule has 4 aromatic rings. The number of fused-ring (bicyclic) bond motifs is 1. The molecule has 294 valence electrons. The first-order valence-corrected chi connectivity index (χ1v) is 18.8. The Bertz CT molecular complexity index is 2140. The van der Waals surface area contributed by atoms with Gasteiger partial charge in [-0.05, 0) is 87.7 Å². The van der Waals surface area contributed by atoms with E-state index >= 15 is 0 Å². The van der Waals surface area contributed by atoms with E-state index in [1.807, 2.05) is 48.3 Å². The van der Waals surface area contributed by atoms with E-state index in [-0.39, 0.29) is 35.7 Å². The highest BCUT2D eigenvalue weighted by Gasteiger charge is 2.53. The summed E-state index contributed by atoms with van der Waals surface area (Å²) in [5.74, 6) is -0.466. The van der Waals surface area contributed by atoms with Gasteiger partial charge in [0.05, 0.1) is 24.4 Å². The first-order chi connectivity index (χ1) is 27.0. The van der Waals surface area contributed by atoms with E-state index in [4.69, 9.17) is 0 Å². The average molecular weight is 769 g/mol. The second-order valence-corrected chi connectivity index (χ2v) is 14.7. The molecular weight excluding hydrogens is 723 g/mol. The summed E-state index contributed by atoms with van der Waals surface area (Å²) >= 11 is 0. The van der Waals surface area contributed by atoms with Crippen LogP contribution in [-0.2, 0) is 42.8 Å². The first kappa shape index (κ1) is 38.5. The zero-order valence-corrected chi connectivity index (χ0v) is 31.5. The third-order valence-electron chi connectivity index (χ3n) is 10.1. The predicted molar refractivity (Wildman–Crippen MR) is 204 cm³/mol. The highest BCUT2D eigenvalue weighted by atomic mass is 19.3. The molecule has 56 heavy (non-hydrogen) atoms. The molecule has 0 radical (unpaired) electrons. The molecule has 14 nitrogen and oxygen atoms in total. The van der Waals surface area contributed by atoms with Crippen LogP contribution in [0.2, 0.25) is 0 Å². The molecule has 1 aliphatic carbocycles. The normalized spacial score (nSPS) is 18.8. The Kier molecular flexibility index (Phi) is 11.4. The van der Waals surface area contributed by atoms with E-state index in [2.05, 4.69) is 70.6 Å². The summed E-state index contributed by atoms with van der Waals surface area (Å²) in [6.45, 7) is 13.4. The van der Waals surface area contributed by atoms with Gasteiger partial charge in [-0.3, -0.25) is 23.9 Å². The third-order valence-corrected chi connectivity index (χ3v) is 10.1. The number of nitrogens with zero attached hydrogens (tertiary/aromatic N) is 7. The maximum absolute atomic E-state index is 13.5. The fourth-order valence-electron chi connectivity index (χ4n) is 7.03. The van der Waals surface area contributed by atoms with Crippen molar-refractivity contribution < 1.29 is 27.8 Å². The summed E-state index contributed by atoms with van der Waals surface area (Å²) in [5, 5.41) is 22.2. The van der Waals surface area contributed by atoms with Crippen molar-refractivity contribution in [2.45, 2.75) is 83.5 Å². The fraction of sp³-hybridized carbons (Fsp3) is 0.400. The number of benzene rings is 2. The standard InChI is InChI=1S/C40H46F2N10O4/c1-27(8-11-36(43-3)47-38(54)39(12-13-39)32-9-10-34-35(20-32)56-40(41,42)55-34)18-29-6-4-7-31(19-29)37(53)45-22-33-26-52(49-48-33)16-5-15-51-25-30(21-46-51)24-50-17-14-44-28(2)23-50/h4,6-11,19-21,25-26,28,44H,3,5,12-18,22-24H2,1-2H3,(H,45,53)(H,47,54)/b27-8-,36-11+. The predicted octanol–water partition coefficient (Wildman–Crippen LogP) is 4.49. The van der Waals surface area contributed by atoms with Crippen molar-refractivity contribution >= 4 is 18.5 Å². The van der Waals surface area contributed by atoms with Crippen LogP contribution in [0.15, 0.2) is 89.6 Å². The molecule has 0 bridgehead atoms. The molecule has 3 N–H and O–H groups in total. The summed E-state index contributed by atoms with van der Waals surface area (Å²) in [7, 11) is 0. The molecule has 3 aliphatic rings. The number of carbonyl (C=O) groups excluding carboxylic acids is 2. The van der Waals surface area contributed by atoms with Crippen molar-refractivity contribution in [2.75, 3.05) is 19.6 Å². The second-order valence-electron chi connectivity index (χ2n) is 14.7. The van der Waals surface area contributed by atoms with E-state index in [9.17, 15) is 18.4 Å². The van der Waals surface area contributed by atoms with Gasteiger partial charge in [-0.2, -0.15) is 5.10 Å². The fourth-order valence-corrected chi connectivity index (χ4v) is 7.03. The van der Waals surface area contributed by atoms with Gasteiger partial charge in [-0.25, -0.2) is 4.99 Å². The topological polar surface area (TPSA) is 153 Å². The average Bonchev–Trinajstić information content (AvgIpc) is 3.48. The van der Waals surface area contributed by atoms with Crippen molar-refractivity contribution in [3.8, 4) is 11.5 Å². The molecule has 7 rings (SSSR count). The molecule has 16 heteroatoms. The van der Waals surface area contributed by atoms with Gasteiger partial charge in [0.25, 0.3) is 5.91 Å². The van der Waals surface area contributed by atoms with Gasteiger partial charge in [0.2, 0.25) is 5.91 Å². The summed E-state index contributed by atoms with van der Waals surface area (Å²) in [6.07, 6.45) is 8.13. The molecule has 2 amide bonds. The van der Waals surface area contributed by atoms with E-state index < -0.39 is 11.7 Å². The Hall–Kier alpha value is -5.74. The number of aromatic nitrogens is 5. The number of hydrogen-bond donors (Lipinski definition) is 3. The number of carbonyl (C=O) groups is 2. The number of allylic oxidation sites excluding steroid dienone is 3. The van der Waals surface area contributed by atoms with E-state index in [1.54, 1.807) is 22.9 Å². The lowest BCUT2D eigenvalue weighted by Gasteiger charge is -2.31. The van der Waals surface area contributed by atoms with E-state index in [0.29, 0.717) is 48.7 Å². The maximum Gasteiger partial charge on any atom is 0.586 e. The van der Waals surface area contributed by atoms with Crippen LogP contribution in [-0.4, -0.2) is 80.2 Å². The lowest BCUT2D eigenvalue weighted by Crippen LogP contribution is -2.48. The number of rotatable bonds is 16. The molecule has 2 aromatic heterocycles. The third kappa shape index (κ3) is 9.55. The number of hydrogen-bond acceptors (Lipinski definition) is 10. The number of amides is 2.